The number of nitrogens with one attached hydrogen (secondary N) is 1. The summed E-state index contributed by atoms with van der Waals surface area (Å²) in [6, 6.07) is 45.3. The number of hydrogen-bond acceptors (Lipinski definition) is 4. The highest BCUT2D eigenvalue weighted by Gasteiger charge is 2.44. The van der Waals surface area contributed by atoms with Crippen molar-refractivity contribution in [1.29, 1.82) is 0 Å². The van der Waals surface area contributed by atoms with Gasteiger partial charge < -0.3 is 15.1 Å². The number of nitrogens with zero attached hydrogens (tertiary/aromatic N) is 3. The summed E-state index contributed by atoms with van der Waals surface area (Å²) >= 11 is 0. The molecule has 4 unspecified atom stereocenters. The van der Waals surface area contributed by atoms with Gasteiger partial charge in [0, 0.05) is 51.1 Å². The lowest BCUT2D eigenvalue weighted by molar-refractivity contribution is 0.318. The first kappa shape index (κ1) is 32.3. The number of benzene rings is 5. The van der Waals surface area contributed by atoms with Crippen LogP contribution in [-0.4, -0.2) is 17.1 Å². The minimum atomic E-state index is 0.332. The minimum Gasteiger partial charge on any atom is -0.378 e. The van der Waals surface area contributed by atoms with Crippen LogP contribution >= 0.6 is 0 Å². The van der Waals surface area contributed by atoms with Crippen LogP contribution in [0.4, 0.5) is 28.4 Å². The first-order valence-electron chi connectivity index (χ1n) is 20.1. The van der Waals surface area contributed by atoms with Crippen molar-refractivity contribution in [3.63, 3.8) is 0 Å². The third kappa shape index (κ3) is 5.46. The highest BCUT2D eigenvalue weighted by atomic mass is 15.2. The van der Waals surface area contributed by atoms with Crippen LogP contribution in [-0.2, 0) is 0 Å². The zero-order chi connectivity index (χ0) is 36.5. The molecule has 268 valence electrons. The lowest BCUT2D eigenvalue weighted by Crippen LogP contribution is -2.35. The van der Waals surface area contributed by atoms with E-state index < -0.39 is 0 Å². The molecule has 0 bridgehead atoms. The molecule has 1 N–H and O–H groups in total. The van der Waals surface area contributed by atoms with Gasteiger partial charge in [-0.05, 0) is 115 Å². The van der Waals surface area contributed by atoms with Gasteiger partial charge in [0.25, 0.3) is 0 Å². The zero-order valence-corrected chi connectivity index (χ0v) is 31.2. The Morgan fingerprint density at radius 1 is 0.691 bits per heavy atom. The predicted octanol–water partition coefficient (Wildman–Crippen LogP) is 12.9. The van der Waals surface area contributed by atoms with Gasteiger partial charge >= 0.3 is 0 Å². The van der Waals surface area contributed by atoms with E-state index in [1.54, 1.807) is 0 Å². The van der Waals surface area contributed by atoms with E-state index in [0.717, 1.165) is 41.4 Å². The molecule has 1 aromatic heterocycles. The largest absolute Gasteiger partial charge is 0.378 e. The molecule has 0 saturated heterocycles. The van der Waals surface area contributed by atoms with E-state index in [0.29, 0.717) is 23.9 Å². The average Bonchev–Trinajstić information content (AvgIpc) is 3.46. The normalized spacial score (nSPS) is 22.1. The molecule has 0 spiro atoms. The Morgan fingerprint density at radius 2 is 1.55 bits per heavy atom. The molecule has 6 aromatic rings. The standard InChI is InChI=1S/C51H44N4/c1-33-19-23-41-42-25-28-49-43(24-20-36-13-7-10-18-48(36)54(49)39-14-3-2-4-15-39)51(42)55(50(41)29-33)40-31-37(46-26-21-34-11-5-8-16-44(34)52-46)30-38(32-40)47-27-22-35-12-6-9-17-45(35)53-47/h2-8,10-16,18,20-22,24-28,30-33,41,45,50,53H,9,17,19,23,29H2,1H3. The molecule has 3 aliphatic heterocycles. The Morgan fingerprint density at radius 3 is 2.49 bits per heavy atom. The predicted molar refractivity (Wildman–Crippen MR) is 230 cm³/mol. The molecule has 5 aliphatic rings. The summed E-state index contributed by atoms with van der Waals surface area (Å²) in [5, 5.41) is 5.12. The fourth-order valence-electron chi connectivity index (χ4n) is 9.98. The topological polar surface area (TPSA) is 31.4 Å². The number of aromatic nitrogens is 1. The molecule has 4 atom stereocenters. The van der Waals surface area contributed by atoms with Crippen LogP contribution in [0.5, 0.6) is 0 Å². The second-order valence-electron chi connectivity index (χ2n) is 16.0. The molecular formula is C51H44N4. The molecule has 55 heavy (non-hydrogen) atoms. The minimum absolute atomic E-state index is 0.332. The van der Waals surface area contributed by atoms with Crippen molar-refractivity contribution < 1.29 is 0 Å². The fraction of sp³-hybridized carbons (Fsp3) is 0.196. The maximum Gasteiger partial charge on any atom is 0.0710 e. The van der Waals surface area contributed by atoms with Crippen molar-refractivity contribution in [3.8, 4) is 11.3 Å². The molecule has 4 heterocycles. The first-order valence-corrected chi connectivity index (χ1v) is 20.1. The second kappa shape index (κ2) is 13.0. The van der Waals surface area contributed by atoms with E-state index in [9.17, 15) is 0 Å². The number of anilines is 5. The van der Waals surface area contributed by atoms with E-state index in [1.165, 1.54) is 74.8 Å². The number of pyridine rings is 1. The third-order valence-corrected chi connectivity index (χ3v) is 12.6. The number of allylic oxidation sites excluding steroid dienone is 3. The van der Waals surface area contributed by atoms with E-state index in [1.807, 2.05) is 0 Å². The van der Waals surface area contributed by atoms with E-state index in [-0.39, 0.29) is 0 Å². The van der Waals surface area contributed by atoms with Crippen molar-refractivity contribution in [2.24, 2.45) is 5.92 Å². The molecule has 1 saturated carbocycles. The Bertz CT molecular complexity index is 2610. The molecule has 0 amide bonds. The molecule has 2 aliphatic carbocycles. The summed E-state index contributed by atoms with van der Waals surface area (Å²) in [6.07, 6.45) is 19.8. The fourth-order valence-corrected chi connectivity index (χ4v) is 9.98. The number of fused-ring (bicyclic) bond motifs is 8. The monoisotopic (exact) mass is 712 g/mol. The van der Waals surface area contributed by atoms with Gasteiger partial charge in [-0.3, -0.25) is 0 Å². The average molecular weight is 713 g/mol. The quantitative estimate of drug-likeness (QED) is 0.197. The van der Waals surface area contributed by atoms with Gasteiger partial charge in [-0.2, -0.15) is 0 Å². The van der Waals surface area contributed by atoms with Gasteiger partial charge in [0.1, 0.15) is 0 Å². The van der Waals surface area contributed by atoms with Gasteiger partial charge in [0.2, 0.25) is 0 Å². The van der Waals surface area contributed by atoms with Crippen molar-refractivity contribution in [3.05, 3.63) is 173 Å². The Hall–Kier alpha value is -6.13. The van der Waals surface area contributed by atoms with Gasteiger partial charge in [-0.15, -0.1) is 0 Å². The van der Waals surface area contributed by atoms with Crippen molar-refractivity contribution in [2.45, 2.75) is 57.0 Å². The smallest absolute Gasteiger partial charge is 0.0710 e. The van der Waals surface area contributed by atoms with Crippen LogP contribution in [0.2, 0.25) is 0 Å². The summed E-state index contributed by atoms with van der Waals surface area (Å²) < 4.78 is 0. The van der Waals surface area contributed by atoms with Crippen molar-refractivity contribution in [2.75, 3.05) is 9.80 Å². The van der Waals surface area contributed by atoms with Crippen LogP contribution in [0.1, 0.15) is 67.2 Å². The van der Waals surface area contributed by atoms with Crippen LogP contribution in [0.25, 0.3) is 40.0 Å². The Labute approximate surface area is 323 Å². The lowest BCUT2D eigenvalue weighted by atomic mass is 9.77. The molecule has 5 aromatic carbocycles. The molecule has 0 radical (unpaired) electrons. The highest BCUT2D eigenvalue weighted by Crippen LogP contribution is 2.57. The summed E-state index contributed by atoms with van der Waals surface area (Å²) in [5.41, 5.74) is 17.1. The summed E-state index contributed by atoms with van der Waals surface area (Å²) in [7, 11) is 0. The molecule has 1 fully saturated rings. The number of rotatable bonds is 4. The summed E-state index contributed by atoms with van der Waals surface area (Å²) in [5.74, 6) is 1.13. The number of hydrogen-bond donors (Lipinski definition) is 1. The molecular weight excluding hydrogens is 669 g/mol. The van der Waals surface area contributed by atoms with Crippen LogP contribution in [0, 0.1) is 5.92 Å². The molecule has 4 nitrogen and oxygen atoms in total. The van der Waals surface area contributed by atoms with Gasteiger partial charge in [-0.25, -0.2) is 4.98 Å². The maximum atomic E-state index is 5.25. The van der Waals surface area contributed by atoms with Gasteiger partial charge in [0.05, 0.1) is 34.3 Å². The van der Waals surface area contributed by atoms with Crippen molar-refractivity contribution in [1.82, 2.24) is 10.3 Å². The third-order valence-electron chi connectivity index (χ3n) is 12.6. The number of dihydropyridines is 1. The van der Waals surface area contributed by atoms with Gasteiger partial charge in [0.15, 0.2) is 0 Å². The maximum absolute atomic E-state index is 5.25. The Kier molecular flexibility index (Phi) is 7.65. The number of para-hydroxylation sites is 3. The second-order valence-corrected chi connectivity index (χ2v) is 16.0. The van der Waals surface area contributed by atoms with Gasteiger partial charge in [-0.1, -0.05) is 104 Å². The Balaban J connectivity index is 1.14. The molecule has 11 rings (SSSR count). The summed E-state index contributed by atoms with van der Waals surface area (Å²) in [4.78, 5) is 10.5. The van der Waals surface area contributed by atoms with Crippen LogP contribution in [0.15, 0.2) is 151 Å². The van der Waals surface area contributed by atoms with Crippen LogP contribution < -0.4 is 15.1 Å². The lowest BCUT2D eigenvalue weighted by Gasteiger charge is -2.37. The first-order chi connectivity index (χ1) is 27.2. The highest BCUT2D eigenvalue weighted by molar-refractivity contribution is 5.99. The van der Waals surface area contributed by atoms with E-state index >= 15 is 0 Å². The van der Waals surface area contributed by atoms with E-state index in [2.05, 4.69) is 180 Å². The zero-order valence-electron chi connectivity index (χ0n) is 31.2. The molecule has 4 heteroatoms. The summed E-state index contributed by atoms with van der Waals surface area (Å²) in [6.45, 7) is 2.45. The van der Waals surface area contributed by atoms with Crippen molar-refractivity contribution >= 4 is 57.2 Å². The SMILES string of the molecule is CC1CCC2c3ccc4c(c3N(c3cc(C5=CC=C6C=CCCC6N5)cc(-c5ccc6ccccc6n5)c3)C2C1)C=Cc1ccccc1N4c1ccccc1. The van der Waals surface area contributed by atoms with E-state index in [4.69, 9.17) is 4.98 Å². The van der Waals surface area contributed by atoms with Crippen LogP contribution in [0.3, 0.4) is 0 Å².